The summed E-state index contributed by atoms with van der Waals surface area (Å²) in [6.45, 7) is 3.42. The molecular weight excluding hydrogens is 354 g/mol. The third kappa shape index (κ3) is 4.30. The van der Waals surface area contributed by atoms with Gasteiger partial charge < -0.3 is 25.2 Å². The number of esters is 1. The fourth-order valence-corrected chi connectivity index (χ4v) is 2.56. The number of nitrogens with zero attached hydrogens (tertiary/aromatic N) is 1. The van der Waals surface area contributed by atoms with Gasteiger partial charge in [-0.1, -0.05) is 12.6 Å². The van der Waals surface area contributed by atoms with E-state index in [4.69, 9.17) is 4.74 Å². The second-order valence-electron chi connectivity index (χ2n) is 5.65. The number of ether oxygens (including phenoxy) is 1. The van der Waals surface area contributed by atoms with Crippen LogP contribution in [0.1, 0.15) is 5.56 Å². The van der Waals surface area contributed by atoms with Gasteiger partial charge in [-0.15, -0.1) is 0 Å². The van der Waals surface area contributed by atoms with Gasteiger partial charge in [0.1, 0.15) is 6.04 Å². The summed E-state index contributed by atoms with van der Waals surface area (Å²) in [5.74, 6) is -2.94. The van der Waals surface area contributed by atoms with Crippen LogP contribution in [-0.2, 0) is 20.7 Å². The van der Waals surface area contributed by atoms with Crippen LogP contribution in [0.15, 0.2) is 49.1 Å². The molecule has 0 aliphatic heterocycles. The van der Waals surface area contributed by atoms with E-state index in [9.17, 15) is 30.0 Å². The summed E-state index contributed by atoms with van der Waals surface area (Å²) >= 11 is 0. The number of phenolic OH excluding ortho intramolecular Hbond substituents is 4. The zero-order chi connectivity index (χ0) is 20.1. The molecule has 142 valence electrons. The van der Waals surface area contributed by atoms with E-state index in [1.54, 1.807) is 0 Å². The molecule has 1 amide bonds. The fourth-order valence-electron chi connectivity index (χ4n) is 2.56. The van der Waals surface area contributed by atoms with Crippen molar-refractivity contribution in [1.29, 1.82) is 0 Å². The molecule has 0 aliphatic rings. The Hall–Kier alpha value is -3.68. The number of rotatable bonds is 6. The molecule has 0 aliphatic carbocycles. The van der Waals surface area contributed by atoms with Gasteiger partial charge in [0.25, 0.3) is 5.91 Å². The third-order valence-electron chi connectivity index (χ3n) is 3.90. The van der Waals surface area contributed by atoms with Crippen LogP contribution < -0.4 is 4.90 Å². The molecule has 0 bridgehead atoms. The number of carbonyl (C=O) groups excluding carboxylic acids is 2. The van der Waals surface area contributed by atoms with Gasteiger partial charge in [-0.05, 0) is 35.9 Å². The van der Waals surface area contributed by atoms with Crippen LogP contribution in [0.5, 0.6) is 23.0 Å². The number of hydrogen-bond donors (Lipinski definition) is 4. The topological polar surface area (TPSA) is 128 Å². The highest BCUT2D eigenvalue weighted by Gasteiger charge is 2.31. The van der Waals surface area contributed by atoms with Crippen LogP contribution >= 0.6 is 0 Å². The largest absolute Gasteiger partial charge is 0.504 e. The molecule has 0 saturated heterocycles. The molecule has 0 spiro atoms. The van der Waals surface area contributed by atoms with Crippen LogP contribution in [0.4, 0.5) is 5.69 Å². The van der Waals surface area contributed by atoms with Crippen molar-refractivity contribution < 1.29 is 34.8 Å². The van der Waals surface area contributed by atoms with Crippen molar-refractivity contribution in [1.82, 2.24) is 0 Å². The predicted molar refractivity (Wildman–Crippen MR) is 96.7 cm³/mol. The summed E-state index contributed by atoms with van der Waals surface area (Å²) in [4.78, 5) is 25.9. The highest BCUT2D eigenvalue weighted by molar-refractivity contribution is 6.05. The van der Waals surface area contributed by atoms with E-state index in [0.717, 1.165) is 24.2 Å². The lowest BCUT2D eigenvalue weighted by atomic mass is 10.0. The molecule has 0 aromatic heterocycles. The Morgan fingerprint density at radius 1 is 1.04 bits per heavy atom. The van der Waals surface area contributed by atoms with Gasteiger partial charge in [0.15, 0.2) is 23.0 Å². The quantitative estimate of drug-likeness (QED) is 0.345. The Bertz CT molecular complexity index is 878. The molecule has 0 fully saturated rings. The maximum atomic E-state index is 12.4. The highest BCUT2D eigenvalue weighted by Crippen LogP contribution is 2.32. The van der Waals surface area contributed by atoms with Crippen LogP contribution in [0.3, 0.4) is 0 Å². The molecule has 0 radical (unpaired) electrons. The molecule has 0 saturated carbocycles. The fraction of sp³-hybridized carbons (Fsp3) is 0.158. The second kappa shape index (κ2) is 8.13. The summed E-state index contributed by atoms with van der Waals surface area (Å²) in [7, 11) is 1.16. The SMILES string of the molecule is C=CC(=O)N(c1ccc(O)c(O)c1)[C@@H](Cc1ccc(O)c(O)c1)C(=O)OC. The molecule has 2 rings (SSSR count). The number of methoxy groups -OCH3 is 1. The number of phenols is 4. The molecule has 2 aromatic rings. The number of carbonyl (C=O) groups is 2. The molecule has 0 unspecified atom stereocenters. The number of hydrogen-bond acceptors (Lipinski definition) is 7. The minimum atomic E-state index is -1.16. The monoisotopic (exact) mass is 373 g/mol. The summed E-state index contributed by atoms with van der Waals surface area (Å²) in [5, 5.41) is 38.3. The third-order valence-corrected chi connectivity index (χ3v) is 3.90. The Morgan fingerprint density at radius 2 is 1.63 bits per heavy atom. The number of benzene rings is 2. The van der Waals surface area contributed by atoms with Crippen LogP contribution in [0, 0.1) is 0 Å². The average molecular weight is 373 g/mol. The summed E-state index contributed by atoms with van der Waals surface area (Å²) in [5.41, 5.74) is 0.583. The molecule has 8 nitrogen and oxygen atoms in total. The summed E-state index contributed by atoms with van der Waals surface area (Å²) < 4.78 is 4.80. The van der Waals surface area contributed by atoms with Crippen LogP contribution in [0.25, 0.3) is 0 Å². The maximum Gasteiger partial charge on any atom is 0.329 e. The Kier molecular flexibility index (Phi) is 5.92. The molecule has 2 aromatic carbocycles. The van der Waals surface area contributed by atoms with Crippen molar-refractivity contribution >= 4 is 17.6 Å². The standard InChI is InChI=1S/C19H19NO7/c1-3-18(25)20(12-5-7-15(22)17(24)10-12)13(19(26)27-2)8-11-4-6-14(21)16(23)9-11/h3-7,9-10,13,21-24H,1,8H2,2H3/t13-/m0/s1. The van der Waals surface area contributed by atoms with E-state index in [0.29, 0.717) is 5.56 Å². The normalized spacial score (nSPS) is 11.4. The lowest BCUT2D eigenvalue weighted by Crippen LogP contribution is -2.46. The zero-order valence-electron chi connectivity index (χ0n) is 14.5. The van der Waals surface area contributed by atoms with Gasteiger partial charge in [0.2, 0.25) is 0 Å². The second-order valence-corrected chi connectivity index (χ2v) is 5.65. The lowest BCUT2D eigenvalue weighted by Gasteiger charge is -2.29. The summed E-state index contributed by atoms with van der Waals surface area (Å²) in [6.07, 6.45) is 0.940. The van der Waals surface area contributed by atoms with Crippen molar-refractivity contribution in [2.24, 2.45) is 0 Å². The van der Waals surface area contributed by atoms with E-state index in [1.807, 2.05) is 0 Å². The van der Waals surface area contributed by atoms with Gasteiger partial charge in [-0.3, -0.25) is 9.69 Å². The molecule has 27 heavy (non-hydrogen) atoms. The summed E-state index contributed by atoms with van der Waals surface area (Å²) in [6, 6.07) is 6.49. The molecule has 4 N–H and O–H groups in total. The number of aromatic hydroxyl groups is 4. The highest BCUT2D eigenvalue weighted by atomic mass is 16.5. The first-order valence-corrected chi connectivity index (χ1v) is 7.84. The van der Waals surface area contributed by atoms with Gasteiger partial charge in [-0.25, -0.2) is 4.79 Å². The minimum absolute atomic E-state index is 0.0538. The van der Waals surface area contributed by atoms with Gasteiger partial charge in [0.05, 0.1) is 7.11 Å². The van der Waals surface area contributed by atoms with E-state index >= 15 is 0 Å². The lowest BCUT2D eigenvalue weighted by molar-refractivity contribution is -0.143. The Morgan fingerprint density at radius 3 is 2.15 bits per heavy atom. The molecular formula is C19H19NO7. The average Bonchev–Trinajstić information content (AvgIpc) is 2.65. The first-order valence-electron chi connectivity index (χ1n) is 7.84. The van der Waals surface area contributed by atoms with Crippen molar-refractivity contribution in [3.8, 4) is 23.0 Å². The molecule has 8 heteroatoms. The molecule has 1 atom stereocenters. The van der Waals surface area contributed by atoms with Gasteiger partial charge >= 0.3 is 5.97 Å². The van der Waals surface area contributed by atoms with Gasteiger partial charge in [-0.2, -0.15) is 0 Å². The van der Waals surface area contributed by atoms with E-state index in [-0.39, 0.29) is 29.4 Å². The Balaban J connectivity index is 2.51. The smallest absolute Gasteiger partial charge is 0.329 e. The Labute approximate surface area is 155 Å². The van der Waals surface area contributed by atoms with Gasteiger partial charge in [0, 0.05) is 18.2 Å². The number of amides is 1. The van der Waals surface area contributed by atoms with Crippen molar-refractivity contribution in [2.45, 2.75) is 12.5 Å². The first kappa shape index (κ1) is 19.6. The zero-order valence-corrected chi connectivity index (χ0v) is 14.5. The van der Waals surface area contributed by atoms with Crippen molar-refractivity contribution in [3.63, 3.8) is 0 Å². The number of anilines is 1. The minimum Gasteiger partial charge on any atom is -0.504 e. The van der Waals surface area contributed by atoms with Crippen molar-refractivity contribution in [2.75, 3.05) is 12.0 Å². The van der Waals surface area contributed by atoms with E-state index < -0.39 is 23.7 Å². The maximum absolute atomic E-state index is 12.4. The first-order chi connectivity index (χ1) is 12.8. The molecule has 0 heterocycles. The predicted octanol–water partition coefficient (Wildman–Crippen LogP) is 1.81. The van der Waals surface area contributed by atoms with Crippen LogP contribution in [-0.4, -0.2) is 45.5 Å². The van der Waals surface area contributed by atoms with E-state index in [1.165, 1.54) is 30.3 Å². The van der Waals surface area contributed by atoms with E-state index in [2.05, 4.69) is 6.58 Å². The van der Waals surface area contributed by atoms with Crippen LogP contribution in [0.2, 0.25) is 0 Å². The van der Waals surface area contributed by atoms with Crippen molar-refractivity contribution in [3.05, 3.63) is 54.6 Å².